The highest BCUT2D eigenvalue weighted by Gasteiger charge is 2.21. The molecular weight excluding hydrogens is 320 g/mol. The van der Waals surface area contributed by atoms with E-state index in [-0.39, 0.29) is 6.04 Å². The maximum absolute atomic E-state index is 4.75. The van der Waals surface area contributed by atoms with Gasteiger partial charge in [0.15, 0.2) is 0 Å². The lowest BCUT2D eigenvalue weighted by molar-refractivity contribution is 0.692. The van der Waals surface area contributed by atoms with Gasteiger partial charge in [0, 0.05) is 7.05 Å². The van der Waals surface area contributed by atoms with Crippen LogP contribution in [-0.4, -0.2) is 32.2 Å². The van der Waals surface area contributed by atoms with E-state index in [2.05, 4.69) is 28.5 Å². The molecule has 0 radical (unpaired) electrons. The lowest BCUT2D eigenvalue weighted by Crippen LogP contribution is -2.25. The van der Waals surface area contributed by atoms with Crippen molar-refractivity contribution in [1.29, 1.82) is 0 Å². The van der Waals surface area contributed by atoms with Crippen LogP contribution in [0.15, 0.2) is 54.6 Å². The zero-order valence-corrected chi connectivity index (χ0v) is 14.2. The summed E-state index contributed by atoms with van der Waals surface area (Å²) in [6.07, 6.45) is 0. The molecule has 0 aliphatic carbocycles. The minimum Gasteiger partial charge on any atom is -0.333 e. The summed E-state index contributed by atoms with van der Waals surface area (Å²) in [7, 11) is 1.99. The second kappa shape index (κ2) is 6.01. The fourth-order valence-corrected chi connectivity index (χ4v) is 3.61. The molecule has 0 fully saturated rings. The number of para-hydroxylation sites is 2. The highest BCUT2D eigenvalue weighted by molar-refractivity contribution is 7.18. The largest absolute Gasteiger partial charge is 0.333 e. The van der Waals surface area contributed by atoms with Gasteiger partial charge >= 0.3 is 0 Å². The van der Waals surface area contributed by atoms with Crippen molar-refractivity contribution in [1.82, 2.24) is 25.2 Å². The van der Waals surface area contributed by atoms with Crippen LogP contribution >= 0.6 is 11.3 Å². The maximum Gasteiger partial charge on any atom is 0.250 e. The van der Waals surface area contributed by atoms with Crippen LogP contribution in [0.25, 0.3) is 15.9 Å². The van der Waals surface area contributed by atoms with Gasteiger partial charge in [-0.3, -0.25) is 0 Å². The first-order valence-electron chi connectivity index (χ1n) is 7.66. The SMILES string of the molecule is C[C@@H](c1nc2ccccc2s1)N(C)c1nnnn1-c1ccccc1. The Kier molecular flexibility index (Phi) is 3.70. The minimum atomic E-state index is 0.0656. The third kappa shape index (κ3) is 2.52. The van der Waals surface area contributed by atoms with Gasteiger partial charge in [-0.1, -0.05) is 35.4 Å². The molecule has 2 heterocycles. The highest BCUT2D eigenvalue weighted by atomic mass is 32.1. The molecule has 0 unspecified atom stereocenters. The zero-order valence-electron chi connectivity index (χ0n) is 13.4. The Balaban J connectivity index is 1.69. The lowest BCUT2D eigenvalue weighted by Gasteiger charge is -2.23. The van der Waals surface area contributed by atoms with Gasteiger partial charge in [-0.2, -0.15) is 4.68 Å². The first-order chi connectivity index (χ1) is 11.7. The number of benzene rings is 2. The molecule has 24 heavy (non-hydrogen) atoms. The maximum atomic E-state index is 4.75. The summed E-state index contributed by atoms with van der Waals surface area (Å²) in [5.41, 5.74) is 1.96. The second-order valence-electron chi connectivity index (χ2n) is 5.53. The van der Waals surface area contributed by atoms with Crippen molar-refractivity contribution in [3.05, 3.63) is 59.6 Å². The molecule has 0 bridgehead atoms. The highest BCUT2D eigenvalue weighted by Crippen LogP contribution is 2.31. The Morgan fingerprint density at radius 1 is 1.04 bits per heavy atom. The number of aromatic nitrogens is 5. The topological polar surface area (TPSA) is 59.7 Å². The number of tetrazole rings is 1. The molecule has 4 aromatic rings. The number of anilines is 1. The molecular formula is C17H16N6S. The van der Waals surface area contributed by atoms with Crippen LogP contribution in [0, 0.1) is 0 Å². The van der Waals surface area contributed by atoms with E-state index in [1.54, 1.807) is 16.0 Å². The predicted octanol–water partition coefficient (Wildman–Crippen LogP) is 3.47. The first-order valence-corrected chi connectivity index (χ1v) is 8.48. The summed E-state index contributed by atoms with van der Waals surface area (Å²) >= 11 is 1.70. The Morgan fingerprint density at radius 2 is 1.79 bits per heavy atom. The molecule has 120 valence electrons. The number of nitrogens with zero attached hydrogens (tertiary/aromatic N) is 6. The molecule has 1 atom stereocenters. The van der Waals surface area contributed by atoms with E-state index in [1.165, 1.54) is 4.70 Å². The number of thiazole rings is 1. The van der Waals surface area contributed by atoms with Crippen LogP contribution < -0.4 is 4.90 Å². The van der Waals surface area contributed by atoms with Crippen LogP contribution in [0.2, 0.25) is 0 Å². The van der Waals surface area contributed by atoms with Gasteiger partial charge in [0.2, 0.25) is 0 Å². The van der Waals surface area contributed by atoms with Crippen LogP contribution in [0.3, 0.4) is 0 Å². The van der Waals surface area contributed by atoms with Gasteiger partial charge in [-0.05, 0) is 41.6 Å². The molecule has 2 aromatic carbocycles. The van der Waals surface area contributed by atoms with Crippen molar-refractivity contribution in [2.24, 2.45) is 0 Å². The minimum absolute atomic E-state index is 0.0656. The fraction of sp³-hybridized carbons (Fsp3) is 0.176. The molecule has 2 aromatic heterocycles. The quantitative estimate of drug-likeness (QED) is 0.571. The van der Waals surface area contributed by atoms with E-state index < -0.39 is 0 Å². The van der Waals surface area contributed by atoms with E-state index in [1.807, 2.05) is 60.5 Å². The van der Waals surface area contributed by atoms with Crippen molar-refractivity contribution in [3.63, 3.8) is 0 Å². The smallest absolute Gasteiger partial charge is 0.250 e. The zero-order chi connectivity index (χ0) is 16.5. The molecule has 0 aliphatic heterocycles. The van der Waals surface area contributed by atoms with Crippen LogP contribution in [0.5, 0.6) is 0 Å². The summed E-state index contributed by atoms with van der Waals surface area (Å²) in [5.74, 6) is 0.688. The number of rotatable bonds is 4. The molecule has 7 heteroatoms. The molecule has 4 rings (SSSR count). The normalized spacial score (nSPS) is 12.4. The third-order valence-corrected chi connectivity index (χ3v) is 5.22. The number of fused-ring (bicyclic) bond motifs is 1. The molecule has 0 N–H and O–H groups in total. The van der Waals surface area contributed by atoms with Crippen molar-refractivity contribution in [3.8, 4) is 5.69 Å². The first kappa shape index (κ1) is 14.8. The summed E-state index contributed by atoms with van der Waals surface area (Å²) in [4.78, 5) is 6.79. The standard InChI is InChI=1S/C17H16N6S/c1-12(16-18-14-10-6-7-11-15(14)24-16)22(2)17-19-20-21-23(17)13-8-4-3-5-9-13/h3-12H,1-2H3/t12-/m0/s1. The van der Waals surface area contributed by atoms with Gasteiger partial charge in [0.1, 0.15) is 5.01 Å². The summed E-state index contributed by atoms with van der Waals surface area (Å²) in [6, 6.07) is 18.1. The van der Waals surface area contributed by atoms with Gasteiger partial charge in [0.05, 0.1) is 21.9 Å². The van der Waals surface area contributed by atoms with Crippen LogP contribution in [0.1, 0.15) is 18.0 Å². The number of hydrogen-bond donors (Lipinski definition) is 0. The van der Waals surface area contributed by atoms with Crippen LogP contribution in [0.4, 0.5) is 5.95 Å². The Labute approximate surface area is 143 Å². The summed E-state index contributed by atoms with van der Waals surface area (Å²) in [6.45, 7) is 2.11. The van der Waals surface area contributed by atoms with Crippen LogP contribution in [-0.2, 0) is 0 Å². The lowest BCUT2D eigenvalue weighted by atomic mass is 10.3. The third-order valence-electron chi connectivity index (χ3n) is 4.02. The average Bonchev–Trinajstić information content (AvgIpc) is 3.28. The predicted molar refractivity (Wildman–Crippen MR) is 95.6 cm³/mol. The van der Waals surface area contributed by atoms with E-state index in [0.717, 1.165) is 16.2 Å². The summed E-state index contributed by atoms with van der Waals surface area (Å²) in [5, 5.41) is 13.2. The van der Waals surface area contributed by atoms with E-state index in [4.69, 9.17) is 4.98 Å². The van der Waals surface area contributed by atoms with Gasteiger partial charge < -0.3 is 4.90 Å². The molecule has 0 aliphatic rings. The van der Waals surface area contributed by atoms with Gasteiger partial charge in [-0.15, -0.1) is 11.3 Å². The van der Waals surface area contributed by atoms with Crippen molar-refractivity contribution in [2.45, 2.75) is 13.0 Å². The monoisotopic (exact) mass is 336 g/mol. The molecule has 0 saturated carbocycles. The van der Waals surface area contributed by atoms with E-state index in [0.29, 0.717) is 5.95 Å². The van der Waals surface area contributed by atoms with E-state index in [9.17, 15) is 0 Å². The van der Waals surface area contributed by atoms with E-state index >= 15 is 0 Å². The van der Waals surface area contributed by atoms with Crippen molar-refractivity contribution < 1.29 is 0 Å². The number of hydrogen-bond acceptors (Lipinski definition) is 6. The molecule has 0 spiro atoms. The molecule has 0 amide bonds. The Hall–Kier alpha value is -2.80. The van der Waals surface area contributed by atoms with Crippen molar-refractivity contribution >= 4 is 27.5 Å². The average molecular weight is 336 g/mol. The summed E-state index contributed by atoms with van der Waals surface area (Å²) < 4.78 is 2.93. The fourth-order valence-electron chi connectivity index (χ4n) is 2.55. The Bertz CT molecular complexity index is 928. The molecule has 0 saturated heterocycles. The second-order valence-corrected chi connectivity index (χ2v) is 6.60. The Morgan fingerprint density at radius 3 is 2.58 bits per heavy atom. The molecule has 6 nitrogen and oxygen atoms in total. The van der Waals surface area contributed by atoms with Crippen molar-refractivity contribution in [2.75, 3.05) is 11.9 Å². The van der Waals surface area contributed by atoms with Gasteiger partial charge in [-0.25, -0.2) is 4.98 Å². The van der Waals surface area contributed by atoms with Gasteiger partial charge in [0.25, 0.3) is 5.95 Å².